The number of likely N-dealkylation sites (tertiary alicyclic amines) is 1. The SMILES string of the molecule is Cc1ccc(C(=O)N2CC3CCCC3C2)c(C#CCN)c1. The maximum absolute atomic E-state index is 12.8. The van der Waals surface area contributed by atoms with Crippen molar-refractivity contribution < 1.29 is 4.79 Å². The van der Waals surface area contributed by atoms with E-state index in [4.69, 9.17) is 5.73 Å². The van der Waals surface area contributed by atoms with Gasteiger partial charge in [-0.1, -0.05) is 24.3 Å². The van der Waals surface area contributed by atoms with Gasteiger partial charge in [-0.05, 0) is 49.3 Å². The van der Waals surface area contributed by atoms with Crippen LogP contribution in [0.15, 0.2) is 18.2 Å². The van der Waals surface area contributed by atoms with E-state index in [1.165, 1.54) is 19.3 Å². The molecule has 0 aromatic heterocycles. The molecule has 1 aromatic carbocycles. The van der Waals surface area contributed by atoms with Crippen molar-refractivity contribution >= 4 is 5.91 Å². The number of fused-ring (bicyclic) bond motifs is 1. The molecule has 0 bridgehead atoms. The topological polar surface area (TPSA) is 46.3 Å². The second kappa shape index (κ2) is 5.91. The van der Waals surface area contributed by atoms with Crippen LogP contribution in [0.25, 0.3) is 0 Å². The highest BCUT2D eigenvalue weighted by atomic mass is 16.2. The Balaban J connectivity index is 1.84. The number of hydrogen-bond acceptors (Lipinski definition) is 2. The average Bonchev–Trinajstić information content (AvgIpc) is 3.05. The maximum atomic E-state index is 12.8. The number of amides is 1. The molecule has 3 rings (SSSR count). The van der Waals surface area contributed by atoms with E-state index in [1.807, 2.05) is 30.0 Å². The molecular weight excluding hydrogens is 260 g/mol. The molecule has 1 amide bonds. The zero-order chi connectivity index (χ0) is 14.8. The molecule has 3 heteroatoms. The minimum absolute atomic E-state index is 0.130. The lowest BCUT2D eigenvalue weighted by Gasteiger charge is -2.18. The standard InChI is InChI=1S/C18H22N2O/c1-13-7-8-17(14(10-13)6-3-9-19)18(21)20-11-15-4-2-5-16(15)12-20/h7-8,10,15-16H,2,4-5,9,11-12,19H2,1H3. The summed E-state index contributed by atoms with van der Waals surface area (Å²) in [6.07, 6.45) is 3.89. The Morgan fingerprint density at radius 2 is 2.05 bits per heavy atom. The number of nitrogens with two attached hydrogens (primary N) is 1. The number of nitrogens with zero attached hydrogens (tertiary/aromatic N) is 1. The number of rotatable bonds is 1. The summed E-state index contributed by atoms with van der Waals surface area (Å²) in [5, 5.41) is 0. The van der Waals surface area contributed by atoms with Crippen LogP contribution in [0.3, 0.4) is 0 Å². The molecule has 1 aliphatic heterocycles. The van der Waals surface area contributed by atoms with E-state index in [-0.39, 0.29) is 5.91 Å². The van der Waals surface area contributed by atoms with Crippen LogP contribution in [-0.4, -0.2) is 30.4 Å². The van der Waals surface area contributed by atoms with Crippen molar-refractivity contribution in [3.63, 3.8) is 0 Å². The summed E-state index contributed by atoms with van der Waals surface area (Å²) in [6.45, 7) is 4.17. The lowest BCUT2D eigenvalue weighted by atomic mass is 10.0. The van der Waals surface area contributed by atoms with Crippen LogP contribution < -0.4 is 5.73 Å². The number of carbonyl (C=O) groups is 1. The van der Waals surface area contributed by atoms with Gasteiger partial charge in [-0.2, -0.15) is 0 Å². The van der Waals surface area contributed by atoms with Gasteiger partial charge >= 0.3 is 0 Å². The number of benzene rings is 1. The van der Waals surface area contributed by atoms with E-state index in [9.17, 15) is 4.79 Å². The first-order chi connectivity index (χ1) is 10.2. The van der Waals surface area contributed by atoms with Crippen LogP contribution >= 0.6 is 0 Å². The second-order valence-electron chi connectivity index (χ2n) is 6.22. The first kappa shape index (κ1) is 14.2. The summed E-state index contributed by atoms with van der Waals surface area (Å²) in [4.78, 5) is 14.8. The Bertz CT molecular complexity index is 599. The monoisotopic (exact) mass is 282 g/mol. The van der Waals surface area contributed by atoms with Gasteiger partial charge in [0.2, 0.25) is 0 Å². The van der Waals surface area contributed by atoms with Crippen LogP contribution in [0.1, 0.15) is 40.7 Å². The lowest BCUT2D eigenvalue weighted by Crippen LogP contribution is -2.30. The molecule has 0 spiro atoms. The molecule has 2 unspecified atom stereocenters. The van der Waals surface area contributed by atoms with Crippen molar-refractivity contribution in [1.82, 2.24) is 4.90 Å². The van der Waals surface area contributed by atoms with Crippen molar-refractivity contribution in [1.29, 1.82) is 0 Å². The number of aryl methyl sites for hydroxylation is 1. The van der Waals surface area contributed by atoms with Crippen LogP contribution in [0, 0.1) is 30.6 Å². The van der Waals surface area contributed by atoms with Gasteiger partial charge < -0.3 is 10.6 Å². The predicted molar refractivity (Wildman–Crippen MR) is 83.8 cm³/mol. The molecule has 2 fully saturated rings. The van der Waals surface area contributed by atoms with Crippen molar-refractivity contribution in [3.05, 3.63) is 34.9 Å². The summed E-state index contributed by atoms with van der Waals surface area (Å²) >= 11 is 0. The third kappa shape index (κ3) is 2.82. The van der Waals surface area contributed by atoms with Gasteiger partial charge in [-0.25, -0.2) is 0 Å². The first-order valence-electron chi connectivity index (χ1n) is 7.78. The Morgan fingerprint density at radius 1 is 1.33 bits per heavy atom. The molecule has 1 aromatic rings. The second-order valence-corrected chi connectivity index (χ2v) is 6.22. The Hall–Kier alpha value is -1.79. The minimum Gasteiger partial charge on any atom is -0.338 e. The third-order valence-corrected chi connectivity index (χ3v) is 4.74. The largest absolute Gasteiger partial charge is 0.338 e. The Labute approximate surface area is 126 Å². The summed E-state index contributed by atoms with van der Waals surface area (Å²) in [7, 11) is 0. The van der Waals surface area contributed by atoms with Gasteiger partial charge in [0, 0.05) is 18.7 Å². The number of hydrogen-bond donors (Lipinski definition) is 1. The van der Waals surface area contributed by atoms with Gasteiger partial charge in [0.1, 0.15) is 0 Å². The van der Waals surface area contributed by atoms with Crippen molar-refractivity contribution in [3.8, 4) is 11.8 Å². The van der Waals surface area contributed by atoms with E-state index < -0.39 is 0 Å². The molecule has 21 heavy (non-hydrogen) atoms. The highest BCUT2D eigenvalue weighted by Crippen LogP contribution is 2.38. The highest BCUT2D eigenvalue weighted by Gasteiger charge is 2.38. The fraction of sp³-hybridized carbons (Fsp3) is 0.500. The van der Waals surface area contributed by atoms with Gasteiger partial charge in [0.25, 0.3) is 5.91 Å². The maximum Gasteiger partial charge on any atom is 0.255 e. The molecule has 2 atom stereocenters. The Kier molecular flexibility index (Phi) is 3.98. The summed E-state index contributed by atoms with van der Waals surface area (Å²) < 4.78 is 0. The van der Waals surface area contributed by atoms with E-state index >= 15 is 0 Å². The molecular formula is C18H22N2O. The predicted octanol–water partition coefficient (Wildman–Crippen LogP) is 2.18. The molecule has 1 heterocycles. The van der Waals surface area contributed by atoms with Crippen LogP contribution in [0.2, 0.25) is 0 Å². The fourth-order valence-corrected chi connectivity index (χ4v) is 3.67. The van der Waals surface area contributed by atoms with Gasteiger partial charge in [0.15, 0.2) is 0 Å². The van der Waals surface area contributed by atoms with Gasteiger partial charge in [0.05, 0.1) is 12.1 Å². The average molecular weight is 282 g/mol. The Morgan fingerprint density at radius 3 is 2.71 bits per heavy atom. The summed E-state index contributed by atoms with van der Waals surface area (Å²) in [6, 6.07) is 5.87. The van der Waals surface area contributed by atoms with Crippen LogP contribution in [0.4, 0.5) is 0 Å². The van der Waals surface area contributed by atoms with Crippen molar-refractivity contribution in [2.45, 2.75) is 26.2 Å². The van der Waals surface area contributed by atoms with Gasteiger partial charge in [-0.3, -0.25) is 4.79 Å². The third-order valence-electron chi connectivity index (χ3n) is 4.74. The lowest BCUT2D eigenvalue weighted by molar-refractivity contribution is 0.0780. The van der Waals surface area contributed by atoms with Crippen molar-refractivity contribution in [2.75, 3.05) is 19.6 Å². The van der Waals surface area contributed by atoms with E-state index in [2.05, 4.69) is 11.8 Å². The molecule has 2 aliphatic rings. The molecule has 3 nitrogen and oxygen atoms in total. The molecule has 1 aliphatic carbocycles. The molecule has 1 saturated heterocycles. The van der Waals surface area contributed by atoms with E-state index in [0.717, 1.165) is 41.6 Å². The zero-order valence-corrected chi connectivity index (χ0v) is 12.6. The summed E-state index contributed by atoms with van der Waals surface area (Å²) in [5.41, 5.74) is 8.10. The number of carbonyl (C=O) groups excluding carboxylic acids is 1. The molecule has 110 valence electrons. The molecule has 2 N–H and O–H groups in total. The molecule has 0 radical (unpaired) electrons. The quantitative estimate of drug-likeness (QED) is 0.803. The van der Waals surface area contributed by atoms with Crippen LogP contribution in [0.5, 0.6) is 0 Å². The fourth-order valence-electron chi connectivity index (χ4n) is 3.67. The van der Waals surface area contributed by atoms with E-state index in [0.29, 0.717) is 6.54 Å². The highest BCUT2D eigenvalue weighted by molar-refractivity contribution is 5.97. The first-order valence-corrected chi connectivity index (χ1v) is 7.78. The minimum atomic E-state index is 0.130. The zero-order valence-electron chi connectivity index (χ0n) is 12.6. The molecule has 1 saturated carbocycles. The van der Waals surface area contributed by atoms with Crippen LogP contribution in [-0.2, 0) is 0 Å². The van der Waals surface area contributed by atoms with E-state index in [1.54, 1.807) is 0 Å². The smallest absolute Gasteiger partial charge is 0.255 e. The summed E-state index contributed by atoms with van der Waals surface area (Å²) in [5.74, 6) is 7.48. The normalized spacial score (nSPS) is 23.6. The van der Waals surface area contributed by atoms with Gasteiger partial charge in [-0.15, -0.1) is 0 Å². The van der Waals surface area contributed by atoms with Crippen molar-refractivity contribution in [2.24, 2.45) is 17.6 Å².